The lowest BCUT2D eigenvalue weighted by Gasteiger charge is -2.03. The average molecular weight is 212 g/mol. The van der Waals surface area contributed by atoms with Crippen LogP contribution in [0.15, 0.2) is 16.8 Å². The largest absolute Gasteiger partial charge is 0.356 e. The van der Waals surface area contributed by atoms with Crippen LogP contribution in [0.2, 0.25) is 0 Å². The maximum absolute atomic E-state index is 11.3. The predicted molar refractivity (Wildman–Crippen MR) is 59.6 cm³/mol. The average Bonchev–Trinajstić information content (AvgIpc) is 2.65. The highest BCUT2D eigenvalue weighted by molar-refractivity contribution is 7.07. The summed E-state index contributed by atoms with van der Waals surface area (Å²) in [6, 6.07) is 1.98. The minimum atomic E-state index is 0.111. The van der Waals surface area contributed by atoms with E-state index in [1.54, 1.807) is 11.3 Å². The Morgan fingerprint density at radius 1 is 1.50 bits per heavy atom. The summed E-state index contributed by atoms with van der Waals surface area (Å²) in [4.78, 5) is 11.3. The number of carbonyl (C=O) groups excluding carboxylic acids is 1. The molecule has 0 aliphatic rings. The van der Waals surface area contributed by atoms with Crippen molar-refractivity contribution < 1.29 is 4.79 Å². The van der Waals surface area contributed by atoms with E-state index in [2.05, 4.69) is 10.6 Å². The van der Waals surface area contributed by atoms with Crippen LogP contribution in [0, 0.1) is 0 Å². The van der Waals surface area contributed by atoms with Gasteiger partial charge < -0.3 is 10.6 Å². The Hall–Kier alpha value is -0.870. The Kier molecular flexibility index (Phi) is 5.25. The molecule has 1 aromatic heterocycles. The van der Waals surface area contributed by atoms with Crippen LogP contribution in [0.5, 0.6) is 0 Å². The Bertz CT molecular complexity index is 259. The number of hydrogen-bond donors (Lipinski definition) is 2. The lowest BCUT2D eigenvalue weighted by molar-refractivity contribution is -0.120. The normalized spacial score (nSPS) is 10.1. The third-order valence-electron chi connectivity index (χ3n) is 1.87. The van der Waals surface area contributed by atoms with Gasteiger partial charge in [0.15, 0.2) is 0 Å². The summed E-state index contributed by atoms with van der Waals surface area (Å²) in [5, 5.41) is 9.92. The van der Waals surface area contributed by atoms with Crippen molar-refractivity contribution in [1.29, 1.82) is 0 Å². The van der Waals surface area contributed by atoms with Gasteiger partial charge in [0.2, 0.25) is 5.91 Å². The Labute approximate surface area is 88.5 Å². The second-order valence-electron chi connectivity index (χ2n) is 3.12. The first-order chi connectivity index (χ1) is 6.83. The number of rotatable bonds is 6. The van der Waals surface area contributed by atoms with Crippen LogP contribution in [0.3, 0.4) is 0 Å². The zero-order valence-corrected chi connectivity index (χ0v) is 9.19. The van der Waals surface area contributed by atoms with Crippen molar-refractivity contribution in [3.8, 4) is 0 Å². The fraction of sp³-hybridized carbons (Fsp3) is 0.500. The number of amides is 1. The molecule has 78 valence electrons. The molecular formula is C10H16N2OS. The van der Waals surface area contributed by atoms with Crippen LogP contribution >= 0.6 is 11.3 Å². The third-order valence-corrected chi connectivity index (χ3v) is 2.60. The van der Waals surface area contributed by atoms with Crippen molar-refractivity contribution in [2.75, 3.05) is 20.1 Å². The molecule has 1 amide bonds. The van der Waals surface area contributed by atoms with Gasteiger partial charge in [-0.3, -0.25) is 4.79 Å². The Morgan fingerprint density at radius 2 is 2.36 bits per heavy atom. The Morgan fingerprint density at radius 3 is 3.00 bits per heavy atom. The third kappa shape index (κ3) is 4.39. The summed E-state index contributed by atoms with van der Waals surface area (Å²) in [5.74, 6) is 0.111. The molecule has 4 heteroatoms. The molecule has 0 aliphatic heterocycles. The molecule has 0 saturated carbocycles. The number of thiophene rings is 1. The fourth-order valence-electron chi connectivity index (χ4n) is 1.13. The van der Waals surface area contributed by atoms with E-state index in [-0.39, 0.29) is 5.91 Å². The molecule has 0 aliphatic carbocycles. The molecule has 0 unspecified atom stereocenters. The monoisotopic (exact) mass is 212 g/mol. The fourth-order valence-corrected chi connectivity index (χ4v) is 1.80. The molecule has 1 aromatic rings. The Balaban J connectivity index is 2.11. The van der Waals surface area contributed by atoms with Crippen LogP contribution in [0.4, 0.5) is 0 Å². The second kappa shape index (κ2) is 6.56. The first kappa shape index (κ1) is 11.2. The molecule has 14 heavy (non-hydrogen) atoms. The molecule has 3 nitrogen and oxygen atoms in total. The van der Waals surface area contributed by atoms with E-state index in [0.717, 1.165) is 25.1 Å². The lowest BCUT2D eigenvalue weighted by atomic mass is 10.2. The van der Waals surface area contributed by atoms with Gasteiger partial charge in [-0.15, -0.1) is 0 Å². The minimum absolute atomic E-state index is 0.111. The molecule has 2 N–H and O–H groups in total. The van der Waals surface area contributed by atoms with E-state index in [4.69, 9.17) is 0 Å². The maximum Gasteiger partial charge on any atom is 0.224 e. The summed E-state index contributed by atoms with van der Waals surface area (Å²) < 4.78 is 0. The van der Waals surface area contributed by atoms with Gasteiger partial charge in [0.25, 0.3) is 0 Å². The van der Waals surface area contributed by atoms with Crippen LogP contribution < -0.4 is 10.6 Å². The molecule has 0 fully saturated rings. The van der Waals surface area contributed by atoms with Crippen LogP contribution in [0.25, 0.3) is 0 Å². The van der Waals surface area contributed by atoms with E-state index >= 15 is 0 Å². The molecule has 1 rings (SSSR count). The number of hydrogen-bond acceptors (Lipinski definition) is 3. The minimum Gasteiger partial charge on any atom is -0.356 e. The van der Waals surface area contributed by atoms with Gasteiger partial charge in [-0.25, -0.2) is 0 Å². The van der Waals surface area contributed by atoms with Crippen molar-refractivity contribution in [3.63, 3.8) is 0 Å². The summed E-state index contributed by atoms with van der Waals surface area (Å²) in [6.45, 7) is 1.70. The lowest BCUT2D eigenvalue weighted by Crippen LogP contribution is -2.27. The standard InChI is InChI=1S/C10H16N2OS/c1-11-4-2-5-12-10(13)7-9-3-6-14-8-9/h3,6,8,11H,2,4-5,7H2,1H3,(H,12,13). The van der Waals surface area contributed by atoms with Gasteiger partial charge in [0, 0.05) is 6.54 Å². The van der Waals surface area contributed by atoms with Gasteiger partial charge in [0.1, 0.15) is 0 Å². The van der Waals surface area contributed by atoms with Gasteiger partial charge in [-0.1, -0.05) is 0 Å². The van der Waals surface area contributed by atoms with Crippen LogP contribution in [-0.2, 0) is 11.2 Å². The first-order valence-electron chi connectivity index (χ1n) is 4.75. The molecule has 1 heterocycles. The molecule has 0 spiro atoms. The summed E-state index contributed by atoms with van der Waals surface area (Å²) in [5.41, 5.74) is 1.10. The van der Waals surface area contributed by atoms with E-state index in [1.165, 1.54) is 0 Å². The smallest absolute Gasteiger partial charge is 0.224 e. The summed E-state index contributed by atoms with van der Waals surface area (Å²) in [6.07, 6.45) is 1.48. The molecule has 0 atom stereocenters. The highest BCUT2D eigenvalue weighted by Crippen LogP contribution is 2.05. The summed E-state index contributed by atoms with van der Waals surface area (Å²) in [7, 11) is 1.91. The molecule has 0 radical (unpaired) electrons. The molecule has 0 aromatic carbocycles. The van der Waals surface area contributed by atoms with Gasteiger partial charge >= 0.3 is 0 Å². The molecular weight excluding hydrogens is 196 g/mol. The predicted octanol–water partition coefficient (Wildman–Crippen LogP) is 1.02. The highest BCUT2D eigenvalue weighted by atomic mass is 32.1. The first-order valence-corrected chi connectivity index (χ1v) is 5.69. The van der Waals surface area contributed by atoms with Gasteiger partial charge in [-0.2, -0.15) is 11.3 Å². The zero-order valence-electron chi connectivity index (χ0n) is 8.38. The highest BCUT2D eigenvalue weighted by Gasteiger charge is 2.01. The maximum atomic E-state index is 11.3. The zero-order chi connectivity index (χ0) is 10.2. The van der Waals surface area contributed by atoms with E-state index < -0.39 is 0 Å². The summed E-state index contributed by atoms with van der Waals surface area (Å²) >= 11 is 1.62. The van der Waals surface area contributed by atoms with Gasteiger partial charge in [0.05, 0.1) is 6.42 Å². The van der Waals surface area contributed by atoms with Crippen molar-refractivity contribution in [2.24, 2.45) is 0 Å². The second-order valence-corrected chi connectivity index (χ2v) is 3.90. The molecule has 0 bridgehead atoms. The van der Waals surface area contributed by atoms with E-state index in [1.807, 2.05) is 23.9 Å². The topological polar surface area (TPSA) is 41.1 Å². The van der Waals surface area contributed by atoms with E-state index in [0.29, 0.717) is 6.42 Å². The quantitative estimate of drug-likeness (QED) is 0.691. The van der Waals surface area contributed by atoms with Crippen molar-refractivity contribution in [1.82, 2.24) is 10.6 Å². The van der Waals surface area contributed by atoms with Crippen LogP contribution in [-0.4, -0.2) is 26.0 Å². The van der Waals surface area contributed by atoms with E-state index in [9.17, 15) is 4.79 Å². The van der Waals surface area contributed by atoms with Crippen molar-refractivity contribution in [2.45, 2.75) is 12.8 Å². The van der Waals surface area contributed by atoms with Crippen LogP contribution in [0.1, 0.15) is 12.0 Å². The number of nitrogens with one attached hydrogen (secondary N) is 2. The van der Waals surface area contributed by atoms with Gasteiger partial charge in [-0.05, 0) is 42.4 Å². The SMILES string of the molecule is CNCCCNC(=O)Cc1ccsc1. The van der Waals surface area contributed by atoms with Crippen molar-refractivity contribution >= 4 is 17.2 Å². The molecule has 0 saturated heterocycles. The van der Waals surface area contributed by atoms with Crippen molar-refractivity contribution in [3.05, 3.63) is 22.4 Å². The number of carbonyl (C=O) groups is 1.